The third-order valence-electron chi connectivity index (χ3n) is 5.51. The van der Waals surface area contributed by atoms with Gasteiger partial charge in [0.05, 0.1) is 5.69 Å². The van der Waals surface area contributed by atoms with E-state index in [0.717, 1.165) is 25.9 Å². The number of benzene rings is 1. The van der Waals surface area contributed by atoms with Gasteiger partial charge >= 0.3 is 0 Å². The quantitative estimate of drug-likeness (QED) is 0.745. The molecule has 0 N–H and O–H groups in total. The van der Waals surface area contributed by atoms with Crippen molar-refractivity contribution >= 4 is 17.5 Å². The molecule has 5 heteroatoms. The van der Waals surface area contributed by atoms with Crippen LogP contribution in [0.1, 0.15) is 30.1 Å². The van der Waals surface area contributed by atoms with Crippen LogP contribution in [0.4, 0.5) is 5.69 Å². The molecule has 2 aliphatic heterocycles. The van der Waals surface area contributed by atoms with E-state index in [4.69, 9.17) is 4.74 Å². The summed E-state index contributed by atoms with van der Waals surface area (Å²) in [5, 5.41) is 0. The number of amides is 2. The highest BCUT2D eigenvalue weighted by Gasteiger charge is 2.36. The second kappa shape index (κ2) is 5.65. The van der Waals surface area contributed by atoms with E-state index in [1.807, 2.05) is 4.90 Å². The maximum Gasteiger partial charge on any atom is 0.264 e. The molecule has 2 heterocycles. The second-order valence-corrected chi connectivity index (χ2v) is 7.14. The summed E-state index contributed by atoms with van der Waals surface area (Å²) < 4.78 is 5.43. The van der Waals surface area contributed by atoms with Crippen LogP contribution in [0.3, 0.4) is 0 Å². The first-order valence-electron chi connectivity index (χ1n) is 8.51. The number of carbonyl (C=O) groups excluding carboxylic acids is 2. The molecule has 126 valence electrons. The van der Waals surface area contributed by atoms with Crippen molar-refractivity contribution in [3.05, 3.63) is 35.4 Å². The Kier molecular flexibility index (Phi) is 3.59. The van der Waals surface area contributed by atoms with E-state index in [9.17, 15) is 9.59 Å². The number of anilines is 1. The molecule has 0 aromatic heterocycles. The SMILES string of the molecule is CC1=CC[C@@H]2CN(C(=O)c3ccc4c(c3)N(C)C(=O)CO4)C[C@@H]2C1. The number of allylic oxidation sites excluding steroid dienone is 2. The zero-order valence-corrected chi connectivity index (χ0v) is 14.1. The Morgan fingerprint density at radius 3 is 2.88 bits per heavy atom. The fourth-order valence-corrected chi connectivity index (χ4v) is 4.04. The van der Waals surface area contributed by atoms with Crippen molar-refractivity contribution in [3.8, 4) is 5.75 Å². The van der Waals surface area contributed by atoms with Crippen molar-refractivity contribution in [1.29, 1.82) is 0 Å². The van der Waals surface area contributed by atoms with Crippen molar-refractivity contribution in [2.45, 2.75) is 19.8 Å². The van der Waals surface area contributed by atoms with Gasteiger partial charge in [0.2, 0.25) is 0 Å². The number of likely N-dealkylation sites (tertiary alicyclic amines) is 1. The monoisotopic (exact) mass is 326 g/mol. The molecule has 3 aliphatic rings. The molecule has 0 saturated carbocycles. The number of hydrogen-bond donors (Lipinski definition) is 0. The van der Waals surface area contributed by atoms with E-state index in [1.165, 1.54) is 5.57 Å². The number of fused-ring (bicyclic) bond motifs is 2. The highest BCUT2D eigenvalue weighted by Crippen LogP contribution is 2.37. The molecule has 5 nitrogen and oxygen atoms in total. The molecule has 0 spiro atoms. The molecular weight excluding hydrogens is 304 g/mol. The van der Waals surface area contributed by atoms with Crippen LogP contribution in [0, 0.1) is 11.8 Å². The van der Waals surface area contributed by atoms with E-state index >= 15 is 0 Å². The van der Waals surface area contributed by atoms with Crippen LogP contribution in [0.25, 0.3) is 0 Å². The molecule has 2 amide bonds. The van der Waals surface area contributed by atoms with Gasteiger partial charge in [-0.25, -0.2) is 0 Å². The van der Waals surface area contributed by atoms with Gasteiger partial charge in [-0.05, 0) is 49.8 Å². The molecule has 0 unspecified atom stereocenters. The minimum Gasteiger partial charge on any atom is -0.482 e. The average molecular weight is 326 g/mol. The number of nitrogens with zero attached hydrogens (tertiary/aromatic N) is 2. The number of likely N-dealkylation sites (N-methyl/N-ethyl adjacent to an activating group) is 1. The number of rotatable bonds is 1. The van der Waals surface area contributed by atoms with Crippen molar-refractivity contribution < 1.29 is 14.3 Å². The lowest BCUT2D eigenvalue weighted by atomic mass is 9.83. The molecule has 24 heavy (non-hydrogen) atoms. The van der Waals surface area contributed by atoms with Gasteiger partial charge in [0.15, 0.2) is 6.61 Å². The summed E-state index contributed by atoms with van der Waals surface area (Å²) in [5.41, 5.74) is 2.74. The first-order valence-corrected chi connectivity index (χ1v) is 8.51. The molecule has 1 saturated heterocycles. The highest BCUT2D eigenvalue weighted by atomic mass is 16.5. The van der Waals surface area contributed by atoms with Gasteiger partial charge < -0.3 is 14.5 Å². The lowest BCUT2D eigenvalue weighted by Gasteiger charge is -2.26. The predicted octanol–water partition coefficient (Wildman–Crippen LogP) is 2.47. The second-order valence-electron chi connectivity index (χ2n) is 7.14. The van der Waals surface area contributed by atoms with Gasteiger partial charge in [0.25, 0.3) is 11.8 Å². The standard InChI is InChI=1S/C19H22N2O3/c1-12-3-4-14-9-21(10-15(14)7-12)19(23)13-5-6-17-16(8-13)20(2)18(22)11-24-17/h3,5-6,8,14-15H,4,7,9-11H2,1-2H3/t14-,15+/m1/s1. The van der Waals surface area contributed by atoms with Gasteiger partial charge in [0, 0.05) is 25.7 Å². The summed E-state index contributed by atoms with van der Waals surface area (Å²) in [6, 6.07) is 5.37. The number of ether oxygens (including phenoxy) is 1. The van der Waals surface area contributed by atoms with Crippen molar-refractivity contribution in [3.63, 3.8) is 0 Å². The van der Waals surface area contributed by atoms with E-state index < -0.39 is 0 Å². The van der Waals surface area contributed by atoms with Crippen LogP contribution in [0.5, 0.6) is 5.75 Å². The van der Waals surface area contributed by atoms with E-state index in [1.54, 1.807) is 30.1 Å². The molecule has 1 aromatic rings. The molecular formula is C19H22N2O3. The normalized spacial score (nSPS) is 25.8. The maximum atomic E-state index is 12.9. The Labute approximate surface area is 141 Å². The topological polar surface area (TPSA) is 49.9 Å². The average Bonchev–Trinajstić information content (AvgIpc) is 3.00. The van der Waals surface area contributed by atoms with Crippen molar-refractivity contribution in [1.82, 2.24) is 4.90 Å². The lowest BCUT2D eigenvalue weighted by Crippen LogP contribution is -2.36. The van der Waals surface area contributed by atoms with Gasteiger partial charge in [-0.1, -0.05) is 11.6 Å². The van der Waals surface area contributed by atoms with Crippen molar-refractivity contribution in [2.24, 2.45) is 11.8 Å². The van der Waals surface area contributed by atoms with Crippen LogP contribution in [0.2, 0.25) is 0 Å². The fraction of sp³-hybridized carbons (Fsp3) is 0.474. The van der Waals surface area contributed by atoms with Crippen LogP contribution in [0.15, 0.2) is 29.8 Å². The van der Waals surface area contributed by atoms with Gasteiger partial charge in [-0.15, -0.1) is 0 Å². The summed E-state index contributed by atoms with van der Waals surface area (Å²) in [6.45, 7) is 3.89. The Morgan fingerprint density at radius 2 is 2.04 bits per heavy atom. The van der Waals surface area contributed by atoms with Gasteiger partial charge in [-0.3, -0.25) is 9.59 Å². The zero-order valence-electron chi connectivity index (χ0n) is 14.1. The third kappa shape index (κ3) is 2.48. The minimum atomic E-state index is -0.0964. The van der Waals surface area contributed by atoms with Crippen LogP contribution in [-0.4, -0.2) is 43.5 Å². The highest BCUT2D eigenvalue weighted by molar-refractivity contribution is 6.01. The third-order valence-corrected chi connectivity index (χ3v) is 5.51. The molecule has 1 fully saturated rings. The van der Waals surface area contributed by atoms with E-state index in [-0.39, 0.29) is 18.4 Å². The van der Waals surface area contributed by atoms with E-state index in [0.29, 0.717) is 28.8 Å². The largest absolute Gasteiger partial charge is 0.482 e. The Bertz CT molecular complexity index is 740. The van der Waals surface area contributed by atoms with Gasteiger partial charge in [0.1, 0.15) is 5.75 Å². The number of carbonyl (C=O) groups is 2. The minimum absolute atomic E-state index is 0.0521. The fourth-order valence-electron chi connectivity index (χ4n) is 4.04. The van der Waals surface area contributed by atoms with Crippen LogP contribution < -0.4 is 9.64 Å². The first kappa shape index (κ1) is 15.2. The molecule has 4 rings (SSSR count). The zero-order chi connectivity index (χ0) is 16.8. The first-order chi connectivity index (χ1) is 11.5. The van der Waals surface area contributed by atoms with Crippen LogP contribution in [-0.2, 0) is 4.79 Å². The van der Waals surface area contributed by atoms with Gasteiger partial charge in [-0.2, -0.15) is 0 Å². The lowest BCUT2D eigenvalue weighted by molar-refractivity contribution is -0.120. The predicted molar refractivity (Wildman–Crippen MR) is 91.2 cm³/mol. The van der Waals surface area contributed by atoms with Crippen molar-refractivity contribution in [2.75, 3.05) is 31.6 Å². The molecule has 0 radical (unpaired) electrons. The Balaban J connectivity index is 1.55. The maximum absolute atomic E-state index is 12.9. The Hall–Kier alpha value is -2.30. The summed E-state index contributed by atoms with van der Waals surface area (Å²) >= 11 is 0. The summed E-state index contributed by atoms with van der Waals surface area (Å²) in [6.07, 6.45) is 4.49. The molecule has 0 bridgehead atoms. The summed E-state index contributed by atoms with van der Waals surface area (Å²) in [5.74, 6) is 1.78. The Morgan fingerprint density at radius 1 is 1.25 bits per heavy atom. The number of hydrogen-bond acceptors (Lipinski definition) is 3. The van der Waals surface area contributed by atoms with Crippen LogP contribution >= 0.6 is 0 Å². The smallest absolute Gasteiger partial charge is 0.264 e. The van der Waals surface area contributed by atoms with E-state index in [2.05, 4.69) is 13.0 Å². The molecule has 1 aliphatic carbocycles. The summed E-state index contributed by atoms with van der Waals surface area (Å²) in [4.78, 5) is 28.2. The molecule has 1 aromatic carbocycles. The molecule has 2 atom stereocenters. The summed E-state index contributed by atoms with van der Waals surface area (Å²) in [7, 11) is 1.72.